The zero-order valence-electron chi connectivity index (χ0n) is 20.2. The van der Waals surface area contributed by atoms with Crippen molar-refractivity contribution >= 4 is 11.1 Å². The molecule has 2 atom stereocenters. The summed E-state index contributed by atoms with van der Waals surface area (Å²) in [5.41, 5.74) is 3.02. The standard InChI is InChI=1S/C29H29F2NO4/c1-17(32-14-19(13-30)15-32)16-35-23-7-3-20(4-8-23)29-28(25-12-21(33)5-9-26(25)31)18(2)24-11-22(34)6-10-27(24)36-29/h3-12,17,19,29,33-34H,13-16H2,1-2H3/t17-,29?/m0/s1. The molecular formula is C29H29F2NO4. The van der Waals surface area contributed by atoms with E-state index in [4.69, 9.17) is 9.47 Å². The molecule has 0 saturated carbocycles. The van der Waals surface area contributed by atoms with Gasteiger partial charge in [-0.3, -0.25) is 9.29 Å². The Balaban J connectivity index is 1.42. The van der Waals surface area contributed by atoms with Crippen LogP contribution in [0.4, 0.5) is 8.78 Å². The van der Waals surface area contributed by atoms with Crippen LogP contribution in [0.1, 0.15) is 36.6 Å². The van der Waals surface area contributed by atoms with E-state index in [0.717, 1.165) is 24.2 Å². The molecule has 7 heteroatoms. The molecule has 2 N–H and O–H groups in total. The number of aromatic hydroxyl groups is 2. The summed E-state index contributed by atoms with van der Waals surface area (Å²) < 4.78 is 40.0. The number of allylic oxidation sites excluding steroid dienone is 1. The van der Waals surface area contributed by atoms with Gasteiger partial charge in [0.2, 0.25) is 0 Å². The van der Waals surface area contributed by atoms with Crippen molar-refractivity contribution in [3.05, 3.63) is 83.2 Å². The highest BCUT2D eigenvalue weighted by Crippen LogP contribution is 2.48. The number of rotatable bonds is 7. The Morgan fingerprint density at radius 1 is 1.00 bits per heavy atom. The van der Waals surface area contributed by atoms with Gasteiger partial charge in [-0.2, -0.15) is 0 Å². The molecule has 0 aromatic heterocycles. The van der Waals surface area contributed by atoms with E-state index in [0.29, 0.717) is 29.2 Å². The Morgan fingerprint density at radius 2 is 1.67 bits per heavy atom. The van der Waals surface area contributed by atoms with Gasteiger partial charge < -0.3 is 19.7 Å². The molecule has 1 fully saturated rings. The molecule has 36 heavy (non-hydrogen) atoms. The Labute approximate surface area is 209 Å². The van der Waals surface area contributed by atoms with Crippen molar-refractivity contribution in [2.24, 2.45) is 5.92 Å². The van der Waals surface area contributed by atoms with Gasteiger partial charge in [-0.15, -0.1) is 0 Å². The molecule has 0 aliphatic carbocycles. The van der Waals surface area contributed by atoms with Crippen molar-refractivity contribution in [2.45, 2.75) is 26.0 Å². The second kappa shape index (κ2) is 9.82. The first kappa shape index (κ1) is 24.1. The molecule has 2 aliphatic rings. The summed E-state index contributed by atoms with van der Waals surface area (Å²) in [6.45, 7) is 5.67. The maximum absolute atomic E-state index is 15.0. The van der Waals surface area contributed by atoms with Crippen molar-refractivity contribution in [3.8, 4) is 23.0 Å². The molecule has 1 saturated heterocycles. The zero-order valence-corrected chi connectivity index (χ0v) is 20.2. The van der Waals surface area contributed by atoms with Gasteiger partial charge >= 0.3 is 0 Å². The van der Waals surface area contributed by atoms with E-state index in [-0.39, 0.29) is 35.7 Å². The monoisotopic (exact) mass is 493 g/mol. The van der Waals surface area contributed by atoms with Gasteiger partial charge in [0.1, 0.15) is 41.5 Å². The van der Waals surface area contributed by atoms with Gasteiger partial charge in [-0.25, -0.2) is 4.39 Å². The molecule has 0 spiro atoms. The fraction of sp³-hybridized carbons (Fsp3) is 0.310. The predicted molar refractivity (Wildman–Crippen MR) is 134 cm³/mol. The quantitative estimate of drug-likeness (QED) is 0.425. The van der Waals surface area contributed by atoms with Gasteiger partial charge in [0, 0.05) is 41.7 Å². The average molecular weight is 494 g/mol. The fourth-order valence-electron chi connectivity index (χ4n) is 4.87. The second-order valence-electron chi connectivity index (χ2n) is 9.58. The predicted octanol–water partition coefficient (Wildman–Crippen LogP) is 5.97. The van der Waals surface area contributed by atoms with Crippen LogP contribution in [0.15, 0.2) is 60.7 Å². The first-order valence-corrected chi connectivity index (χ1v) is 12.1. The Hall–Kier alpha value is -3.58. The van der Waals surface area contributed by atoms with E-state index in [1.165, 1.54) is 18.2 Å². The second-order valence-corrected chi connectivity index (χ2v) is 9.58. The van der Waals surface area contributed by atoms with Gasteiger partial charge in [0.05, 0.1) is 6.67 Å². The van der Waals surface area contributed by atoms with Crippen LogP contribution < -0.4 is 9.47 Å². The lowest BCUT2D eigenvalue weighted by Gasteiger charge is -2.41. The van der Waals surface area contributed by atoms with Crippen LogP contribution in [0.25, 0.3) is 11.1 Å². The smallest absolute Gasteiger partial charge is 0.150 e. The first-order valence-electron chi connectivity index (χ1n) is 12.1. The topological polar surface area (TPSA) is 62.2 Å². The minimum Gasteiger partial charge on any atom is -0.508 e. The molecule has 3 aromatic rings. The van der Waals surface area contributed by atoms with Crippen molar-refractivity contribution in [1.29, 1.82) is 0 Å². The molecule has 3 aromatic carbocycles. The van der Waals surface area contributed by atoms with E-state index in [1.54, 1.807) is 18.2 Å². The Kier molecular flexibility index (Phi) is 6.58. The summed E-state index contributed by atoms with van der Waals surface area (Å²) in [7, 11) is 0. The van der Waals surface area contributed by atoms with Gasteiger partial charge in [-0.1, -0.05) is 12.1 Å². The number of halogens is 2. The Morgan fingerprint density at radius 3 is 2.36 bits per heavy atom. The maximum Gasteiger partial charge on any atom is 0.150 e. The number of alkyl halides is 1. The summed E-state index contributed by atoms with van der Waals surface area (Å²) in [6.07, 6.45) is -0.634. The van der Waals surface area contributed by atoms with E-state index in [9.17, 15) is 19.0 Å². The third-order valence-corrected chi connectivity index (χ3v) is 7.02. The van der Waals surface area contributed by atoms with Crippen LogP contribution in [-0.2, 0) is 0 Å². The number of phenolic OH excluding ortho intramolecular Hbond substituents is 2. The van der Waals surface area contributed by atoms with E-state index in [2.05, 4.69) is 11.8 Å². The van der Waals surface area contributed by atoms with Crippen LogP contribution in [-0.4, -0.2) is 47.5 Å². The molecule has 2 aliphatic heterocycles. The van der Waals surface area contributed by atoms with Crippen molar-refractivity contribution < 1.29 is 28.5 Å². The zero-order chi connectivity index (χ0) is 25.4. The van der Waals surface area contributed by atoms with Crippen LogP contribution in [0.2, 0.25) is 0 Å². The van der Waals surface area contributed by atoms with Crippen molar-refractivity contribution in [1.82, 2.24) is 4.90 Å². The fourth-order valence-corrected chi connectivity index (χ4v) is 4.87. The summed E-state index contributed by atoms with van der Waals surface area (Å²) >= 11 is 0. The summed E-state index contributed by atoms with van der Waals surface area (Å²) in [6, 6.07) is 16.4. The van der Waals surface area contributed by atoms with Crippen molar-refractivity contribution in [2.75, 3.05) is 26.4 Å². The molecule has 0 amide bonds. The largest absolute Gasteiger partial charge is 0.508 e. The number of fused-ring (bicyclic) bond motifs is 1. The molecule has 188 valence electrons. The molecule has 5 nitrogen and oxygen atoms in total. The lowest BCUT2D eigenvalue weighted by molar-refractivity contribution is 0.0265. The van der Waals surface area contributed by atoms with Crippen LogP contribution in [0, 0.1) is 11.7 Å². The third-order valence-electron chi connectivity index (χ3n) is 7.02. The summed E-state index contributed by atoms with van der Waals surface area (Å²) in [4.78, 5) is 2.20. The third kappa shape index (κ3) is 4.63. The molecule has 1 unspecified atom stereocenters. The van der Waals surface area contributed by atoms with Crippen molar-refractivity contribution in [3.63, 3.8) is 0 Å². The first-order chi connectivity index (χ1) is 17.3. The number of nitrogens with zero attached hydrogens (tertiary/aromatic N) is 1. The van der Waals surface area contributed by atoms with Gasteiger partial charge in [-0.05, 0) is 73.5 Å². The highest BCUT2D eigenvalue weighted by molar-refractivity contribution is 5.96. The summed E-state index contributed by atoms with van der Waals surface area (Å²) in [5, 5.41) is 20.1. The van der Waals surface area contributed by atoms with Crippen LogP contribution in [0.3, 0.4) is 0 Å². The molecule has 0 bridgehead atoms. The molecule has 0 radical (unpaired) electrons. The van der Waals surface area contributed by atoms with Gasteiger partial charge in [0.25, 0.3) is 0 Å². The van der Waals surface area contributed by atoms with Crippen LogP contribution >= 0.6 is 0 Å². The summed E-state index contributed by atoms with van der Waals surface area (Å²) in [5.74, 6) is 0.966. The maximum atomic E-state index is 15.0. The molecule has 2 heterocycles. The lowest BCUT2D eigenvalue weighted by Crippen LogP contribution is -2.53. The minimum atomic E-state index is -0.634. The molecular weight excluding hydrogens is 464 g/mol. The number of benzene rings is 3. The highest BCUT2D eigenvalue weighted by atomic mass is 19.1. The average Bonchev–Trinajstić information content (AvgIpc) is 2.84. The highest BCUT2D eigenvalue weighted by Gasteiger charge is 2.32. The number of phenols is 2. The van der Waals surface area contributed by atoms with E-state index < -0.39 is 11.9 Å². The number of hydrogen-bond donors (Lipinski definition) is 2. The lowest BCUT2D eigenvalue weighted by atomic mass is 9.86. The number of hydrogen-bond acceptors (Lipinski definition) is 5. The van der Waals surface area contributed by atoms with E-state index >= 15 is 0 Å². The van der Waals surface area contributed by atoms with Crippen LogP contribution in [0.5, 0.6) is 23.0 Å². The normalized spacial score (nSPS) is 18.8. The van der Waals surface area contributed by atoms with E-state index in [1.807, 2.05) is 31.2 Å². The minimum absolute atomic E-state index is 0.0509. The Bertz CT molecular complexity index is 1280. The molecule has 5 rings (SSSR count). The van der Waals surface area contributed by atoms with Gasteiger partial charge in [0.15, 0.2) is 0 Å². The number of likely N-dealkylation sites (tertiary alicyclic amines) is 1. The number of ether oxygens (including phenoxy) is 2. The SMILES string of the molecule is CC1=C(c2cc(O)ccc2F)C(c2ccc(OC[C@H](C)N3CC(CF)C3)cc2)Oc2ccc(O)cc21.